The number of halogens is 1. The van der Waals surface area contributed by atoms with Crippen LogP contribution in [0.15, 0.2) is 54.6 Å². The third-order valence-electron chi connectivity index (χ3n) is 4.01. The van der Waals surface area contributed by atoms with E-state index in [1.807, 2.05) is 46.6 Å². The molecule has 2 aromatic carbocycles. The zero-order chi connectivity index (χ0) is 17.8. The van der Waals surface area contributed by atoms with Gasteiger partial charge < -0.3 is 4.57 Å². The summed E-state index contributed by atoms with van der Waals surface area (Å²) in [6.45, 7) is 4.10. The third kappa shape index (κ3) is 4.03. The Bertz CT molecular complexity index is 884. The highest BCUT2D eigenvalue weighted by Crippen LogP contribution is 2.18. The third-order valence-corrected chi connectivity index (χ3v) is 4.44. The first-order valence-electron chi connectivity index (χ1n) is 8.24. The molecule has 3 aromatic rings. The van der Waals surface area contributed by atoms with Crippen LogP contribution in [0.25, 0.3) is 11.4 Å². The van der Waals surface area contributed by atoms with E-state index in [4.69, 9.17) is 17.3 Å². The van der Waals surface area contributed by atoms with E-state index in [0.29, 0.717) is 18.0 Å². The molecule has 0 aliphatic rings. The number of hydrogen-bond donors (Lipinski definition) is 0. The van der Waals surface area contributed by atoms with E-state index in [1.165, 1.54) is 12.1 Å². The Morgan fingerprint density at radius 3 is 2.40 bits per heavy atom. The number of nitrogens with zero attached hydrogens (tertiary/aromatic N) is 4. The molecule has 3 rings (SSSR count). The van der Waals surface area contributed by atoms with Crippen molar-refractivity contribution in [3.8, 4) is 11.4 Å². The van der Waals surface area contributed by atoms with E-state index in [1.54, 1.807) is 12.1 Å². The maximum atomic E-state index is 13.0. The molecule has 0 fully saturated rings. The molecule has 0 N–H and O–H groups in total. The minimum atomic E-state index is -0.220. The van der Waals surface area contributed by atoms with Crippen LogP contribution in [0.2, 0.25) is 0 Å². The van der Waals surface area contributed by atoms with Crippen LogP contribution in [-0.2, 0) is 19.8 Å². The van der Waals surface area contributed by atoms with Gasteiger partial charge in [-0.05, 0) is 43.9 Å². The summed E-state index contributed by atoms with van der Waals surface area (Å²) < 4.78 is 17.6. The van der Waals surface area contributed by atoms with Crippen molar-refractivity contribution in [1.29, 1.82) is 0 Å². The van der Waals surface area contributed by atoms with Gasteiger partial charge in [0.1, 0.15) is 5.82 Å². The first-order chi connectivity index (χ1) is 12.1. The van der Waals surface area contributed by atoms with Gasteiger partial charge in [-0.25, -0.2) is 9.07 Å². The van der Waals surface area contributed by atoms with Gasteiger partial charge in [0, 0.05) is 18.7 Å². The Balaban J connectivity index is 1.81. The summed E-state index contributed by atoms with van der Waals surface area (Å²) >= 11 is 5.60. The maximum absolute atomic E-state index is 13.0. The molecular weight excluding hydrogens is 335 g/mol. The second-order valence-electron chi connectivity index (χ2n) is 6.00. The fourth-order valence-corrected chi connectivity index (χ4v) is 3.11. The maximum Gasteiger partial charge on any atom is 0.199 e. The summed E-state index contributed by atoms with van der Waals surface area (Å²) in [7, 11) is 2.00. The lowest BCUT2D eigenvalue weighted by Crippen LogP contribution is -2.22. The van der Waals surface area contributed by atoms with Crippen molar-refractivity contribution in [2.24, 2.45) is 0 Å². The fraction of sp³-hybridized carbons (Fsp3) is 0.263. The highest BCUT2D eigenvalue weighted by atomic mass is 32.1. The van der Waals surface area contributed by atoms with Crippen molar-refractivity contribution in [3.63, 3.8) is 0 Å². The summed E-state index contributed by atoms with van der Waals surface area (Å²) in [6, 6.07) is 16.6. The Morgan fingerprint density at radius 1 is 1.08 bits per heavy atom. The minimum Gasteiger partial charge on any atom is -0.300 e. The fourth-order valence-electron chi connectivity index (χ4n) is 2.80. The van der Waals surface area contributed by atoms with Crippen LogP contribution in [0.4, 0.5) is 4.39 Å². The zero-order valence-corrected chi connectivity index (χ0v) is 15.2. The standard InChI is InChI=1S/C19H21FN4S/c1-3-23-18(16-7-5-4-6-8-16)21-24(19(23)25)14-22(2)13-15-9-11-17(20)12-10-15/h4-12H,3,13-14H2,1-2H3. The van der Waals surface area contributed by atoms with Crippen molar-refractivity contribution in [3.05, 3.63) is 70.7 Å². The topological polar surface area (TPSA) is 26.0 Å². The Labute approximate surface area is 152 Å². The minimum absolute atomic E-state index is 0.220. The van der Waals surface area contributed by atoms with Gasteiger partial charge in [-0.15, -0.1) is 0 Å². The highest BCUT2D eigenvalue weighted by Gasteiger charge is 2.12. The molecule has 25 heavy (non-hydrogen) atoms. The summed E-state index contributed by atoms with van der Waals surface area (Å²) in [6.07, 6.45) is 0. The number of rotatable bonds is 6. The molecule has 0 unspecified atom stereocenters. The van der Waals surface area contributed by atoms with E-state index in [2.05, 4.69) is 11.8 Å². The van der Waals surface area contributed by atoms with E-state index < -0.39 is 0 Å². The lowest BCUT2D eigenvalue weighted by molar-refractivity contribution is 0.244. The monoisotopic (exact) mass is 356 g/mol. The summed E-state index contributed by atoms with van der Waals surface area (Å²) in [5.74, 6) is 0.658. The van der Waals surface area contributed by atoms with Gasteiger partial charge in [0.05, 0.1) is 6.67 Å². The second-order valence-corrected chi connectivity index (χ2v) is 6.36. The molecule has 6 heteroatoms. The predicted molar refractivity (Wildman–Crippen MR) is 100 cm³/mol. The molecule has 0 spiro atoms. The van der Waals surface area contributed by atoms with Crippen LogP contribution in [0, 0.1) is 10.6 Å². The predicted octanol–water partition coefficient (Wildman–Crippen LogP) is 4.33. The molecule has 0 radical (unpaired) electrons. The largest absolute Gasteiger partial charge is 0.300 e. The van der Waals surface area contributed by atoms with Gasteiger partial charge in [0.2, 0.25) is 0 Å². The lowest BCUT2D eigenvalue weighted by atomic mass is 10.2. The summed E-state index contributed by atoms with van der Waals surface area (Å²) in [5, 5.41) is 4.72. The molecular formula is C19H21FN4S. The van der Waals surface area contributed by atoms with Crippen LogP contribution >= 0.6 is 12.2 Å². The van der Waals surface area contributed by atoms with Gasteiger partial charge in [0.25, 0.3) is 0 Å². The average molecular weight is 356 g/mol. The van der Waals surface area contributed by atoms with E-state index in [0.717, 1.165) is 23.5 Å². The van der Waals surface area contributed by atoms with Crippen molar-refractivity contribution >= 4 is 12.2 Å². The summed E-state index contributed by atoms with van der Waals surface area (Å²) in [5.41, 5.74) is 2.10. The molecule has 0 amide bonds. The molecule has 0 saturated carbocycles. The van der Waals surface area contributed by atoms with Crippen molar-refractivity contribution in [1.82, 2.24) is 19.2 Å². The quantitative estimate of drug-likeness (QED) is 0.615. The summed E-state index contributed by atoms with van der Waals surface area (Å²) in [4.78, 5) is 2.10. The normalized spacial score (nSPS) is 11.2. The number of hydrogen-bond acceptors (Lipinski definition) is 3. The van der Waals surface area contributed by atoms with Gasteiger partial charge in [-0.1, -0.05) is 42.5 Å². The SMILES string of the molecule is CCn1c(-c2ccccc2)nn(CN(C)Cc2ccc(F)cc2)c1=S. The molecule has 0 aliphatic heterocycles. The van der Waals surface area contributed by atoms with Crippen molar-refractivity contribution in [2.75, 3.05) is 7.05 Å². The van der Waals surface area contributed by atoms with Gasteiger partial charge in [-0.2, -0.15) is 5.10 Å². The van der Waals surface area contributed by atoms with Crippen LogP contribution < -0.4 is 0 Å². The van der Waals surface area contributed by atoms with E-state index in [-0.39, 0.29) is 5.82 Å². The van der Waals surface area contributed by atoms with Crippen LogP contribution in [0.3, 0.4) is 0 Å². The molecule has 1 aromatic heterocycles. The van der Waals surface area contributed by atoms with Crippen LogP contribution in [0.1, 0.15) is 12.5 Å². The van der Waals surface area contributed by atoms with Crippen LogP contribution in [-0.4, -0.2) is 26.3 Å². The van der Waals surface area contributed by atoms with Gasteiger partial charge >= 0.3 is 0 Å². The van der Waals surface area contributed by atoms with Crippen molar-refractivity contribution < 1.29 is 4.39 Å². The highest BCUT2D eigenvalue weighted by molar-refractivity contribution is 7.71. The number of aromatic nitrogens is 3. The zero-order valence-electron chi connectivity index (χ0n) is 14.4. The lowest BCUT2D eigenvalue weighted by Gasteiger charge is -2.16. The molecule has 0 aliphatic carbocycles. The average Bonchev–Trinajstić information content (AvgIpc) is 2.93. The Morgan fingerprint density at radius 2 is 1.76 bits per heavy atom. The van der Waals surface area contributed by atoms with Crippen molar-refractivity contribution in [2.45, 2.75) is 26.7 Å². The van der Waals surface area contributed by atoms with E-state index >= 15 is 0 Å². The second kappa shape index (κ2) is 7.72. The van der Waals surface area contributed by atoms with Gasteiger partial charge in [-0.3, -0.25) is 4.90 Å². The molecule has 0 atom stereocenters. The molecule has 130 valence electrons. The molecule has 0 bridgehead atoms. The van der Waals surface area contributed by atoms with E-state index in [9.17, 15) is 4.39 Å². The first kappa shape index (κ1) is 17.5. The van der Waals surface area contributed by atoms with Crippen LogP contribution in [0.5, 0.6) is 0 Å². The smallest absolute Gasteiger partial charge is 0.199 e. The van der Waals surface area contributed by atoms with Gasteiger partial charge in [0.15, 0.2) is 10.6 Å². The molecule has 1 heterocycles. The molecule has 0 saturated heterocycles. The Kier molecular flexibility index (Phi) is 5.40. The first-order valence-corrected chi connectivity index (χ1v) is 8.65. The number of benzene rings is 2. The molecule has 4 nitrogen and oxygen atoms in total. The Hall–Kier alpha value is -2.31.